The lowest BCUT2D eigenvalue weighted by molar-refractivity contribution is -0.323. The molecular weight excluding hydrogens is 1090 g/mol. The maximum atomic E-state index is 14.3. The van der Waals surface area contributed by atoms with Crippen LogP contribution in [0.3, 0.4) is 0 Å². The van der Waals surface area contributed by atoms with Gasteiger partial charge in [-0.1, -0.05) is 98.9 Å². The van der Waals surface area contributed by atoms with Crippen LogP contribution in [0.2, 0.25) is 0 Å². The molecule has 0 spiro atoms. The third-order valence-corrected chi connectivity index (χ3v) is 16.0. The zero-order valence-electron chi connectivity index (χ0n) is 48.1. The van der Waals surface area contributed by atoms with E-state index in [1.165, 1.54) is 13.0 Å². The summed E-state index contributed by atoms with van der Waals surface area (Å²) in [5.74, 6) is -8.41. The number of cyclic esters (lactones) is 1. The fourth-order valence-corrected chi connectivity index (χ4v) is 10.7. The van der Waals surface area contributed by atoms with Crippen LogP contribution in [0, 0.1) is 17.8 Å². The molecule has 5 heterocycles. The second kappa shape index (κ2) is 33.4. The number of piperazine rings is 1. The first-order chi connectivity index (χ1) is 39.2. The summed E-state index contributed by atoms with van der Waals surface area (Å²) in [6.45, 7) is 7.62. The second-order valence-corrected chi connectivity index (χ2v) is 23.0. The molecule has 0 aliphatic carbocycles. The van der Waals surface area contributed by atoms with E-state index < -0.39 is 184 Å². The number of fused-ring (bicyclic) bond motifs is 2. The molecule has 25 heteroatoms. The molecule has 472 valence electrons. The maximum absolute atomic E-state index is 14.3. The van der Waals surface area contributed by atoms with Gasteiger partial charge in [-0.3, -0.25) is 15.0 Å². The number of rotatable bonds is 7. The van der Waals surface area contributed by atoms with Crippen LogP contribution in [0.15, 0.2) is 85.1 Å². The molecule has 25 nitrogen and oxygen atoms in total. The van der Waals surface area contributed by atoms with Gasteiger partial charge in [0.1, 0.15) is 30.5 Å². The second-order valence-electron chi connectivity index (χ2n) is 23.0. The molecule has 16 N–H and O–H groups in total. The van der Waals surface area contributed by atoms with Gasteiger partial charge in [0, 0.05) is 63.7 Å². The van der Waals surface area contributed by atoms with E-state index in [1.807, 2.05) is 20.0 Å². The zero-order valence-corrected chi connectivity index (χ0v) is 48.1. The molecule has 83 heavy (non-hydrogen) atoms. The number of hydrogen-bond donors (Lipinski definition) is 16. The van der Waals surface area contributed by atoms with Crippen LogP contribution in [0.25, 0.3) is 0 Å². The molecule has 4 unspecified atom stereocenters. The number of nitrogens with one attached hydrogen (secondary N) is 2. The van der Waals surface area contributed by atoms with E-state index >= 15 is 0 Å². The molecule has 2 bridgehead atoms. The Morgan fingerprint density at radius 1 is 0.651 bits per heavy atom. The number of esters is 1. The number of hydrogen-bond acceptors (Lipinski definition) is 24. The van der Waals surface area contributed by atoms with Crippen molar-refractivity contribution in [2.45, 2.75) is 201 Å². The van der Waals surface area contributed by atoms with E-state index in [0.29, 0.717) is 26.2 Å². The first-order valence-electron chi connectivity index (χ1n) is 28.8. The number of likely N-dealkylation sites (N-methyl/N-ethyl adjacent to an activating group) is 1. The van der Waals surface area contributed by atoms with Crippen molar-refractivity contribution >= 4 is 11.9 Å². The van der Waals surface area contributed by atoms with Gasteiger partial charge < -0.3 is 105 Å². The Bertz CT molecular complexity index is 2200. The van der Waals surface area contributed by atoms with Crippen LogP contribution in [0.5, 0.6) is 0 Å². The Balaban J connectivity index is 1.43. The van der Waals surface area contributed by atoms with E-state index in [2.05, 4.69) is 15.6 Å². The summed E-state index contributed by atoms with van der Waals surface area (Å²) in [7, 11) is 1.93. The molecule has 0 aromatic carbocycles. The molecule has 0 saturated carbocycles. The Morgan fingerprint density at radius 2 is 1.25 bits per heavy atom. The van der Waals surface area contributed by atoms with Crippen molar-refractivity contribution in [2.75, 3.05) is 46.4 Å². The molecule has 4 fully saturated rings. The van der Waals surface area contributed by atoms with E-state index in [1.54, 1.807) is 91.8 Å². The minimum absolute atomic E-state index is 0.129. The Kier molecular flexibility index (Phi) is 28.2. The van der Waals surface area contributed by atoms with E-state index in [4.69, 9.17) is 23.7 Å². The Morgan fingerprint density at radius 3 is 1.88 bits per heavy atom. The van der Waals surface area contributed by atoms with Crippen LogP contribution in [0.1, 0.15) is 79.1 Å². The SMILES string of the molecule is CC1[C@H](C)OC(=O)C[C@H](O)C[C@H](O)CC[C@@H](O)[C@H](O)C[C@H](O)C[C@]2(O)C[C@H](O)C(C(=O)NN3CCN(C)CC3)C(C[C@@H](OC3O[C@H](C)[C@@H](O)[C@H](NC[C@@]4(O)OC[C@@H](O)[C@H](O)[C@@H]4O)[C@@H]3O)/C=C/C=C/C=C/C=C/C=C/C=C/C=C/[C@H](C)[C@H]1O)O2. The van der Waals surface area contributed by atoms with E-state index in [0.717, 1.165) is 0 Å². The van der Waals surface area contributed by atoms with Gasteiger partial charge >= 0.3 is 5.97 Å². The molecule has 5 aliphatic rings. The van der Waals surface area contributed by atoms with E-state index in [9.17, 15) is 81.1 Å². The summed E-state index contributed by atoms with van der Waals surface area (Å²) in [6, 6.07) is -1.34. The molecule has 1 amide bonds. The first kappa shape index (κ1) is 70.0. The third kappa shape index (κ3) is 21.6. The van der Waals surface area contributed by atoms with Crippen molar-refractivity contribution in [3.8, 4) is 0 Å². The molecule has 0 aromatic heterocycles. The van der Waals surface area contributed by atoms with Crippen LogP contribution >= 0.6 is 0 Å². The first-order valence-corrected chi connectivity index (χ1v) is 28.8. The van der Waals surface area contributed by atoms with Crippen LogP contribution < -0.4 is 10.7 Å². The Labute approximate surface area is 485 Å². The van der Waals surface area contributed by atoms with Gasteiger partial charge in [-0.15, -0.1) is 0 Å². The smallest absolute Gasteiger partial charge is 0.308 e. The fraction of sp³-hybridized carbons (Fsp3) is 0.724. The lowest BCUT2D eigenvalue weighted by Gasteiger charge is -2.47. The average Bonchev–Trinajstić information content (AvgIpc) is 3.17. The highest BCUT2D eigenvalue weighted by Crippen LogP contribution is 2.39. The zero-order chi connectivity index (χ0) is 61.2. The van der Waals surface area contributed by atoms with Gasteiger partial charge in [-0.05, 0) is 40.2 Å². The number of carbonyl (C=O) groups is 2. The summed E-state index contributed by atoms with van der Waals surface area (Å²) < 4.78 is 29.5. The van der Waals surface area contributed by atoms with Gasteiger partial charge in [0.05, 0.1) is 98.7 Å². The van der Waals surface area contributed by atoms with Crippen LogP contribution in [0.4, 0.5) is 0 Å². The van der Waals surface area contributed by atoms with Gasteiger partial charge in [0.25, 0.3) is 0 Å². The largest absolute Gasteiger partial charge is 0.462 e. The number of nitrogens with zero attached hydrogens (tertiary/aromatic N) is 2. The third-order valence-electron chi connectivity index (χ3n) is 16.0. The maximum Gasteiger partial charge on any atom is 0.308 e. The predicted octanol–water partition coefficient (Wildman–Crippen LogP) is -2.66. The lowest BCUT2D eigenvalue weighted by atomic mass is 9.82. The molecule has 4 saturated heterocycles. The van der Waals surface area contributed by atoms with Crippen molar-refractivity contribution in [1.29, 1.82) is 0 Å². The molecule has 0 aromatic rings. The minimum atomic E-state index is -2.47. The highest BCUT2D eigenvalue weighted by Gasteiger charge is 2.53. The van der Waals surface area contributed by atoms with Crippen molar-refractivity contribution in [2.24, 2.45) is 17.8 Å². The number of allylic oxidation sites excluding steroid dienone is 12. The van der Waals surface area contributed by atoms with Crippen LogP contribution in [-0.4, -0.2) is 261 Å². The van der Waals surface area contributed by atoms with Crippen molar-refractivity contribution in [1.82, 2.24) is 20.7 Å². The number of hydrazine groups is 1. The van der Waals surface area contributed by atoms with Gasteiger partial charge in [0.2, 0.25) is 11.7 Å². The van der Waals surface area contributed by atoms with Gasteiger partial charge in [0.15, 0.2) is 12.1 Å². The molecule has 5 rings (SSSR count). The summed E-state index contributed by atoms with van der Waals surface area (Å²) in [4.78, 5) is 29.1. The van der Waals surface area contributed by atoms with Crippen molar-refractivity contribution < 1.29 is 105 Å². The summed E-state index contributed by atoms with van der Waals surface area (Å²) >= 11 is 0. The number of aliphatic hydroxyl groups is 14. The number of carbonyl (C=O) groups excluding carboxylic acids is 2. The summed E-state index contributed by atoms with van der Waals surface area (Å²) in [5, 5.41) is 159. The van der Waals surface area contributed by atoms with E-state index in [-0.39, 0.29) is 31.6 Å². The van der Waals surface area contributed by atoms with Crippen molar-refractivity contribution in [3.05, 3.63) is 85.1 Å². The Hall–Kier alpha value is -3.72. The fourth-order valence-electron chi connectivity index (χ4n) is 10.7. The summed E-state index contributed by atoms with van der Waals surface area (Å²) in [6.07, 6.45) is -3.03. The lowest BCUT2D eigenvalue weighted by Crippen LogP contribution is -2.69. The monoisotopic (exact) mass is 1180 g/mol. The van der Waals surface area contributed by atoms with Gasteiger partial charge in [-0.2, -0.15) is 0 Å². The number of ether oxygens (including phenoxy) is 5. The molecule has 5 aliphatic heterocycles. The van der Waals surface area contributed by atoms with Crippen LogP contribution in [-0.2, 0) is 33.3 Å². The standard InChI is InChI=1S/C58H94N4O21/c1-34-18-16-14-12-10-8-6-7-9-11-13-15-17-19-41(82-56-53(74)49(51(72)37(4)81-56)59-33-58(78)54(75)52(73)45(69)32-79-58)29-46-48(55(76)60-62-24-22-61(5)23-25-62)44(68)31-57(77,83-46)30-40(65)27-43(67)42(66)21-20-38(63)26-39(64)28-47(70)80-36(3)35(2)50(34)71/h6-19,34-46,48-54,56,59,63-69,71-75,77-78H,20-33H2,1-5H3,(H,60,76)/b7-6+,10-8+,11-9+,14-12+,15-13+,18-16+,19-17+/t34-,35?,36-,37+,38+,39+,40-,41-,42+,43+,44-,45+,46?,48?,49-,50+,51+,52-,53-,54-,56?,57+,58+/m0/s1. The minimum Gasteiger partial charge on any atom is -0.462 e. The quantitative estimate of drug-likeness (QED) is 0.116. The van der Waals surface area contributed by atoms with Gasteiger partial charge in [-0.25, -0.2) is 5.01 Å². The number of aliphatic hydroxyl groups excluding tert-OH is 12. The van der Waals surface area contributed by atoms with Crippen molar-refractivity contribution in [3.63, 3.8) is 0 Å². The average molecular weight is 1180 g/mol. The highest BCUT2D eigenvalue weighted by molar-refractivity contribution is 5.79. The topological polar surface area (TPSA) is 394 Å². The molecule has 0 radical (unpaired) electrons. The normalized spacial score (nSPS) is 45.4. The highest BCUT2D eigenvalue weighted by atomic mass is 16.7. The molecule has 23 atom stereocenters. The summed E-state index contributed by atoms with van der Waals surface area (Å²) in [5.41, 5.74) is 2.86. The number of amides is 1. The molecular formula is C58H94N4O21. The predicted molar refractivity (Wildman–Crippen MR) is 299 cm³/mol.